The molecule has 1 heterocycles. The molecular formula is C21H30O2. The molecule has 3 aliphatic rings. The molecule has 2 fully saturated rings. The number of rotatable bonds is 0. The lowest BCUT2D eigenvalue weighted by Gasteiger charge is -2.21. The van der Waals surface area contributed by atoms with Crippen LogP contribution in [0.3, 0.4) is 0 Å². The van der Waals surface area contributed by atoms with E-state index in [2.05, 4.69) is 39.5 Å². The molecule has 126 valence electrons. The SMILES string of the molecule is C=C1C(=O)OC2CC3(C)CC3CCC(C)=CCCC(C)=CCC12. The van der Waals surface area contributed by atoms with Gasteiger partial charge in [0.05, 0.1) is 0 Å². The van der Waals surface area contributed by atoms with E-state index in [1.165, 1.54) is 30.4 Å². The normalized spacial score (nSPS) is 38.7. The van der Waals surface area contributed by atoms with Crippen molar-refractivity contribution in [2.45, 2.75) is 71.8 Å². The van der Waals surface area contributed by atoms with Crippen molar-refractivity contribution in [3.05, 3.63) is 35.5 Å². The molecule has 0 amide bonds. The molecule has 4 unspecified atom stereocenters. The summed E-state index contributed by atoms with van der Waals surface area (Å²) in [5.41, 5.74) is 3.98. The van der Waals surface area contributed by atoms with Crippen LogP contribution in [0.25, 0.3) is 0 Å². The molecule has 4 atom stereocenters. The van der Waals surface area contributed by atoms with E-state index in [0.29, 0.717) is 11.0 Å². The Hall–Kier alpha value is -1.31. The Balaban J connectivity index is 1.79. The lowest BCUT2D eigenvalue weighted by atomic mass is 9.85. The number of hydrogen-bond donors (Lipinski definition) is 0. The maximum absolute atomic E-state index is 12.0. The average Bonchev–Trinajstić information content (AvgIpc) is 3.05. The summed E-state index contributed by atoms with van der Waals surface area (Å²) < 4.78 is 5.68. The zero-order valence-corrected chi connectivity index (χ0v) is 14.9. The summed E-state index contributed by atoms with van der Waals surface area (Å²) in [7, 11) is 0. The largest absolute Gasteiger partial charge is 0.458 e. The van der Waals surface area contributed by atoms with Gasteiger partial charge < -0.3 is 4.74 Å². The molecule has 0 spiro atoms. The summed E-state index contributed by atoms with van der Waals surface area (Å²) >= 11 is 0. The van der Waals surface area contributed by atoms with Gasteiger partial charge in [0.1, 0.15) is 6.10 Å². The van der Waals surface area contributed by atoms with Crippen molar-refractivity contribution >= 4 is 5.97 Å². The number of hydrogen-bond acceptors (Lipinski definition) is 2. The molecule has 3 rings (SSSR count). The van der Waals surface area contributed by atoms with Gasteiger partial charge in [0.15, 0.2) is 0 Å². The summed E-state index contributed by atoms with van der Waals surface area (Å²) in [5, 5.41) is 0. The van der Waals surface area contributed by atoms with Crippen molar-refractivity contribution in [1.29, 1.82) is 0 Å². The number of esters is 1. The quantitative estimate of drug-likeness (QED) is 0.342. The van der Waals surface area contributed by atoms with Gasteiger partial charge in [-0.15, -0.1) is 0 Å². The van der Waals surface area contributed by atoms with Crippen LogP contribution in [0, 0.1) is 17.3 Å². The number of carbonyl (C=O) groups excluding carboxylic acids is 1. The maximum atomic E-state index is 12.0. The molecule has 2 heteroatoms. The third kappa shape index (κ3) is 3.62. The summed E-state index contributed by atoms with van der Waals surface area (Å²) in [6.07, 6.45) is 12.6. The number of ether oxygens (including phenoxy) is 1. The van der Waals surface area contributed by atoms with E-state index >= 15 is 0 Å². The van der Waals surface area contributed by atoms with Gasteiger partial charge in [-0.2, -0.15) is 0 Å². The second kappa shape index (κ2) is 6.30. The van der Waals surface area contributed by atoms with Gasteiger partial charge in [-0.3, -0.25) is 0 Å². The van der Waals surface area contributed by atoms with Gasteiger partial charge in [-0.1, -0.05) is 36.8 Å². The Bertz CT molecular complexity index is 568. The van der Waals surface area contributed by atoms with Crippen LogP contribution in [0.15, 0.2) is 35.5 Å². The minimum atomic E-state index is -0.173. The third-order valence-corrected chi connectivity index (χ3v) is 6.26. The van der Waals surface area contributed by atoms with Crippen molar-refractivity contribution in [3.63, 3.8) is 0 Å². The predicted molar refractivity (Wildman–Crippen MR) is 93.9 cm³/mol. The van der Waals surface area contributed by atoms with Gasteiger partial charge >= 0.3 is 5.97 Å². The second-order valence-electron chi connectivity index (χ2n) is 8.25. The standard InChI is InChI=1S/C21H30O2/c1-14-6-5-7-15(2)9-11-18-16(3)20(22)23-19(18)13-21(4)12-17(21)10-8-14/h6,9,17-19H,3,5,7-8,10-13H2,1-2,4H3. The Morgan fingerprint density at radius 1 is 1.17 bits per heavy atom. The van der Waals surface area contributed by atoms with Crippen LogP contribution in [-0.2, 0) is 9.53 Å². The van der Waals surface area contributed by atoms with E-state index < -0.39 is 0 Å². The second-order valence-corrected chi connectivity index (χ2v) is 8.25. The first kappa shape index (κ1) is 16.5. The molecular weight excluding hydrogens is 284 g/mol. The van der Waals surface area contributed by atoms with Crippen LogP contribution in [0.4, 0.5) is 0 Å². The average molecular weight is 314 g/mol. The molecule has 1 saturated heterocycles. The lowest BCUT2D eigenvalue weighted by molar-refractivity contribution is -0.139. The Morgan fingerprint density at radius 3 is 2.70 bits per heavy atom. The van der Waals surface area contributed by atoms with Gasteiger partial charge in [-0.25, -0.2) is 4.79 Å². The van der Waals surface area contributed by atoms with Crippen LogP contribution in [0.1, 0.15) is 65.7 Å². The van der Waals surface area contributed by atoms with Crippen molar-refractivity contribution < 1.29 is 9.53 Å². The Kier molecular flexibility index (Phi) is 4.53. The van der Waals surface area contributed by atoms with E-state index in [1.807, 2.05) is 0 Å². The van der Waals surface area contributed by atoms with Gasteiger partial charge in [0.2, 0.25) is 0 Å². The highest BCUT2D eigenvalue weighted by Crippen LogP contribution is 2.59. The zero-order valence-electron chi connectivity index (χ0n) is 14.9. The van der Waals surface area contributed by atoms with Gasteiger partial charge in [0.25, 0.3) is 0 Å². The monoisotopic (exact) mass is 314 g/mol. The van der Waals surface area contributed by atoms with E-state index in [1.54, 1.807) is 0 Å². The van der Waals surface area contributed by atoms with Gasteiger partial charge in [0, 0.05) is 11.5 Å². The first-order chi connectivity index (χ1) is 10.9. The highest BCUT2D eigenvalue weighted by Gasteiger charge is 2.53. The molecule has 1 aliphatic heterocycles. The predicted octanol–water partition coefficient (Wildman–Crippen LogP) is 5.36. The van der Waals surface area contributed by atoms with Crippen molar-refractivity contribution in [2.24, 2.45) is 17.3 Å². The number of carbonyl (C=O) groups is 1. The first-order valence-electron chi connectivity index (χ1n) is 9.10. The lowest BCUT2D eigenvalue weighted by Crippen LogP contribution is -2.21. The van der Waals surface area contributed by atoms with Gasteiger partial charge in [-0.05, 0) is 70.1 Å². The van der Waals surface area contributed by atoms with Crippen LogP contribution < -0.4 is 0 Å². The van der Waals surface area contributed by atoms with Crippen molar-refractivity contribution in [3.8, 4) is 0 Å². The fourth-order valence-corrected chi connectivity index (χ4v) is 4.29. The fraction of sp³-hybridized carbons (Fsp3) is 0.667. The molecule has 0 aromatic carbocycles. The van der Waals surface area contributed by atoms with E-state index in [0.717, 1.165) is 31.6 Å². The summed E-state index contributed by atoms with van der Waals surface area (Å²) in [4.78, 5) is 12.0. The maximum Gasteiger partial charge on any atom is 0.334 e. The molecule has 0 aromatic heterocycles. The Labute approximate surface area is 140 Å². The number of fused-ring (bicyclic) bond motifs is 2. The van der Waals surface area contributed by atoms with Crippen molar-refractivity contribution in [1.82, 2.24) is 0 Å². The van der Waals surface area contributed by atoms with Crippen LogP contribution in [0.5, 0.6) is 0 Å². The van der Waals surface area contributed by atoms with E-state index in [-0.39, 0.29) is 18.0 Å². The third-order valence-electron chi connectivity index (χ3n) is 6.26. The highest BCUT2D eigenvalue weighted by molar-refractivity contribution is 5.90. The molecule has 0 bridgehead atoms. The minimum absolute atomic E-state index is 0.0358. The first-order valence-corrected chi connectivity index (χ1v) is 9.10. The molecule has 2 nitrogen and oxygen atoms in total. The smallest absolute Gasteiger partial charge is 0.334 e. The van der Waals surface area contributed by atoms with E-state index in [4.69, 9.17) is 4.74 Å². The summed E-state index contributed by atoms with van der Waals surface area (Å²) in [5.74, 6) is 0.795. The molecule has 0 aromatic rings. The summed E-state index contributed by atoms with van der Waals surface area (Å²) in [6.45, 7) is 10.8. The fourth-order valence-electron chi connectivity index (χ4n) is 4.29. The van der Waals surface area contributed by atoms with Crippen LogP contribution in [0.2, 0.25) is 0 Å². The van der Waals surface area contributed by atoms with Crippen LogP contribution >= 0.6 is 0 Å². The minimum Gasteiger partial charge on any atom is -0.458 e. The molecule has 2 aliphatic carbocycles. The highest BCUT2D eigenvalue weighted by atomic mass is 16.6. The molecule has 23 heavy (non-hydrogen) atoms. The van der Waals surface area contributed by atoms with E-state index in [9.17, 15) is 4.79 Å². The Morgan fingerprint density at radius 2 is 1.91 bits per heavy atom. The topological polar surface area (TPSA) is 26.3 Å². The van der Waals surface area contributed by atoms with Crippen molar-refractivity contribution in [2.75, 3.05) is 0 Å². The summed E-state index contributed by atoms with van der Waals surface area (Å²) in [6, 6.07) is 0. The molecule has 0 N–H and O–H groups in total. The molecule has 1 saturated carbocycles. The molecule has 0 radical (unpaired) electrons. The van der Waals surface area contributed by atoms with Crippen LogP contribution in [-0.4, -0.2) is 12.1 Å². The number of allylic oxidation sites excluding steroid dienone is 4. The zero-order chi connectivity index (χ0) is 16.6.